The summed E-state index contributed by atoms with van der Waals surface area (Å²) in [4.78, 5) is 29.0. The van der Waals surface area contributed by atoms with E-state index in [0.717, 1.165) is 0 Å². The fraction of sp³-hybridized carbons (Fsp3) is 0. The van der Waals surface area contributed by atoms with E-state index in [1.165, 1.54) is 12.5 Å². The predicted octanol–water partition coefficient (Wildman–Crippen LogP) is 0.283. The predicted molar refractivity (Wildman–Crippen MR) is 35.9 cm³/mol. The quantitative estimate of drug-likeness (QED) is 0.513. The van der Waals surface area contributed by atoms with Crippen molar-refractivity contribution >= 4 is 17.5 Å². The minimum atomic E-state index is -0.877. The van der Waals surface area contributed by atoms with Crippen LogP contribution in [0.25, 0.3) is 0 Å². The molecule has 0 unspecified atom stereocenters. The maximum atomic E-state index is 11.0. The molecule has 0 saturated carbocycles. The van der Waals surface area contributed by atoms with Crippen molar-refractivity contribution in [1.82, 2.24) is 9.97 Å². The molecule has 1 aliphatic rings. The third-order valence-corrected chi connectivity index (χ3v) is 1.37. The fourth-order valence-corrected chi connectivity index (χ4v) is 0.816. The second-order valence-electron chi connectivity index (χ2n) is 2.09. The minimum Gasteiger partial charge on any atom is -0.283 e. The molecule has 2 rings (SSSR count). The smallest absolute Gasteiger partial charge is 0.283 e. The Balaban J connectivity index is 2.67. The van der Waals surface area contributed by atoms with E-state index in [9.17, 15) is 9.59 Å². The number of fused-ring (bicyclic) bond motifs is 1. The molecule has 12 heavy (non-hydrogen) atoms. The third-order valence-electron chi connectivity index (χ3n) is 1.37. The van der Waals surface area contributed by atoms with Crippen molar-refractivity contribution < 1.29 is 9.59 Å². The van der Waals surface area contributed by atoms with Gasteiger partial charge in [-0.3, -0.25) is 9.59 Å². The number of rotatable bonds is 0. The molecule has 6 heteroatoms. The Morgan fingerprint density at radius 1 is 1.17 bits per heavy atom. The summed E-state index contributed by atoms with van der Waals surface area (Å²) >= 11 is 0. The average Bonchev–Trinajstić information content (AvgIpc) is 2.12. The van der Waals surface area contributed by atoms with E-state index < -0.39 is 11.7 Å². The lowest BCUT2D eigenvalue weighted by Crippen LogP contribution is -2.15. The van der Waals surface area contributed by atoms with Gasteiger partial charge in [0.15, 0.2) is 5.82 Å². The van der Waals surface area contributed by atoms with Gasteiger partial charge in [-0.2, -0.15) is 0 Å². The molecule has 1 aromatic rings. The number of aromatic nitrogens is 2. The third kappa shape index (κ3) is 0.815. The van der Waals surface area contributed by atoms with Crippen LogP contribution in [0.4, 0.5) is 5.82 Å². The highest BCUT2D eigenvalue weighted by atomic mass is 16.2. The molecule has 0 aromatic carbocycles. The topological polar surface area (TPSA) is 84.6 Å². The van der Waals surface area contributed by atoms with Crippen molar-refractivity contribution in [2.75, 3.05) is 0 Å². The first-order valence-electron chi connectivity index (χ1n) is 3.09. The van der Waals surface area contributed by atoms with Gasteiger partial charge in [0, 0.05) is 6.20 Å². The van der Waals surface area contributed by atoms with Gasteiger partial charge in [0.1, 0.15) is 6.33 Å². The maximum absolute atomic E-state index is 11.0. The zero-order valence-electron chi connectivity index (χ0n) is 5.76. The van der Waals surface area contributed by atoms with Crippen molar-refractivity contribution in [3.8, 4) is 0 Å². The van der Waals surface area contributed by atoms with Crippen LogP contribution < -0.4 is 0 Å². The summed E-state index contributed by atoms with van der Waals surface area (Å²) in [6, 6.07) is 0. The van der Waals surface area contributed by atoms with Crippen LogP contribution >= 0.6 is 0 Å². The highest BCUT2D eigenvalue weighted by Gasteiger charge is 2.24. The minimum absolute atomic E-state index is 0.109. The summed E-state index contributed by atoms with van der Waals surface area (Å²) < 4.78 is 0. The maximum Gasteiger partial charge on any atom is 0.336 e. The summed E-state index contributed by atoms with van der Waals surface area (Å²) in [5, 5.41) is 6.53. The Bertz CT molecular complexity index is 398. The van der Waals surface area contributed by atoms with Gasteiger partial charge >= 0.3 is 5.91 Å². The van der Waals surface area contributed by atoms with E-state index in [2.05, 4.69) is 20.2 Å². The molecule has 0 radical (unpaired) electrons. The average molecular weight is 162 g/mol. The molecule has 1 amide bonds. The van der Waals surface area contributed by atoms with Gasteiger partial charge in [0.25, 0.3) is 5.78 Å². The van der Waals surface area contributed by atoms with Crippen LogP contribution in [0, 0.1) is 0 Å². The van der Waals surface area contributed by atoms with Gasteiger partial charge in [-0.05, 0) is 0 Å². The number of hydrogen-bond acceptors (Lipinski definition) is 5. The summed E-state index contributed by atoms with van der Waals surface area (Å²) in [5.41, 5.74) is 0.109. The molecule has 0 spiro atoms. The number of ketones is 1. The Morgan fingerprint density at radius 2 is 2.00 bits per heavy atom. The molecule has 0 N–H and O–H groups in total. The summed E-state index contributed by atoms with van der Waals surface area (Å²) in [7, 11) is 0. The molecule has 0 aliphatic carbocycles. The number of azo groups is 1. The van der Waals surface area contributed by atoms with E-state index in [4.69, 9.17) is 0 Å². The number of carbonyl (C=O) groups is 2. The Hall–Kier alpha value is -1.98. The normalized spacial score (nSPS) is 14.7. The summed E-state index contributed by atoms with van der Waals surface area (Å²) in [5.74, 6) is -1.44. The molecular formula is C6H2N4O2. The second-order valence-corrected chi connectivity index (χ2v) is 2.09. The Kier molecular flexibility index (Phi) is 1.26. The van der Waals surface area contributed by atoms with Gasteiger partial charge in [-0.15, -0.1) is 10.2 Å². The van der Waals surface area contributed by atoms with Crippen molar-refractivity contribution in [1.29, 1.82) is 0 Å². The molecule has 0 saturated heterocycles. The lowest BCUT2D eigenvalue weighted by molar-refractivity contribution is -0.114. The first-order chi connectivity index (χ1) is 5.79. The van der Waals surface area contributed by atoms with Crippen molar-refractivity contribution in [2.24, 2.45) is 10.2 Å². The van der Waals surface area contributed by atoms with E-state index in [1.54, 1.807) is 0 Å². The van der Waals surface area contributed by atoms with Crippen LogP contribution in [-0.4, -0.2) is 21.7 Å². The first-order valence-corrected chi connectivity index (χ1v) is 3.09. The molecule has 1 aromatic heterocycles. The summed E-state index contributed by atoms with van der Waals surface area (Å²) in [6.45, 7) is 0. The molecule has 0 atom stereocenters. The SMILES string of the molecule is O=C1N=Nc2ncncc2C1=O. The van der Waals surface area contributed by atoms with E-state index in [0.29, 0.717) is 0 Å². The molecule has 0 fully saturated rings. The van der Waals surface area contributed by atoms with E-state index >= 15 is 0 Å². The van der Waals surface area contributed by atoms with Crippen LogP contribution in [0.3, 0.4) is 0 Å². The standard InChI is InChI=1S/C6H2N4O2/c11-4-3-1-7-2-8-5(3)9-10-6(4)12/h1-2H. The van der Waals surface area contributed by atoms with Crippen LogP contribution in [-0.2, 0) is 4.79 Å². The van der Waals surface area contributed by atoms with Crippen molar-refractivity contribution in [3.05, 3.63) is 18.1 Å². The number of nitrogens with zero attached hydrogens (tertiary/aromatic N) is 4. The number of hydrogen-bond donors (Lipinski definition) is 0. The monoisotopic (exact) mass is 162 g/mol. The zero-order chi connectivity index (χ0) is 8.55. The lowest BCUT2D eigenvalue weighted by atomic mass is 10.2. The molecule has 1 aliphatic heterocycles. The van der Waals surface area contributed by atoms with E-state index in [-0.39, 0.29) is 11.4 Å². The molecule has 0 bridgehead atoms. The van der Waals surface area contributed by atoms with Gasteiger partial charge < -0.3 is 0 Å². The van der Waals surface area contributed by atoms with E-state index in [1.807, 2.05) is 0 Å². The lowest BCUT2D eigenvalue weighted by Gasteiger charge is -2.01. The van der Waals surface area contributed by atoms with Crippen LogP contribution in [0.5, 0.6) is 0 Å². The summed E-state index contributed by atoms with van der Waals surface area (Å²) in [6.07, 6.45) is 2.49. The van der Waals surface area contributed by atoms with Gasteiger partial charge in [0.05, 0.1) is 5.56 Å². The zero-order valence-corrected chi connectivity index (χ0v) is 5.76. The molecular weight excluding hydrogens is 160 g/mol. The highest BCUT2D eigenvalue weighted by Crippen LogP contribution is 2.19. The Labute approximate surface area is 66.4 Å². The first kappa shape index (κ1) is 6.71. The number of amides is 1. The van der Waals surface area contributed by atoms with Gasteiger partial charge in [-0.25, -0.2) is 9.97 Å². The van der Waals surface area contributed by atoms with Crippen LogP contribution in [0.1, 0.15) is 10.4 Å². The number of carbonyl (C=O) groups excluding carboxylic acids is 2. The van der Waals surface area contributed by atoms with Gasteiger partial charge in [-0.1, -0.05) is 0 Å². The molecule has 2 heterocycles. The largest absolute Gasteiger partial charge is 0.336 e. The fourth-order valence-electron chi connectivity index (χ4n) is 0.816. The molecule has 58 valence electrons. The second kappa shape index (κ2) is 2.26. The highest BCUT2D eigenvalue weighted by molar-refractivity contribution is 6.44. The van der Waals surface area contributed by atoms with Crippen molar-refractivity contribution in [2.45, 2.75) is 0 Å². The van der Waals surface area contributed by atoms with Crippen molar-refractivity contribution in [3.63, 3.8) is 0 Å². The number of Topliss-reactive ketones (excluding diaryl/α,β-unsaturated/α-hetero) is 1. The Morgan fingerprint density at radius 3 is 2.83 bits per heavy atom. The van der Waals surface area contributed by atoms with Gasteiger partial charge in [0.2, 0.25) is 0 Å². The molecule has 6 nitrogen and oxygen atoms in total. The van der Waals surface area contributed by atoms with Crippen LogP contribution in [0.15, 0.2) is 22.8 Å². The van der Waals surface area contributed by atoms with Crippen LogP contribution in [0.2, 0.25) is 0 Å².